The molecule has 4 nitrogen and oxygen atoms in total. The smallest absolute Gasteiger partial charge is 0.412 e. The molecule has 0 heterocycles. The van der Waals surface area contributed by atoms with Crippen molar-refractivity contribution in [2.45, 2.75) is 45.6 Å². The molecule has 0 saturated heterocycles. The molecule has 3 N–H and O–H groups in total. The van der Waals surface area contributed by atoms with Crippen LogP contribution >= 0.6 is 11.6 Å². The first-order valence-corrected chi connectivity index (χ1v) is 6.93. The van der Waals surface area contributed by atoms with Crippen molar-refractivity contribution in [2.24, 2.45) is 5.73 Å². The summed E-state index contributed by atoms with van der Waals surface area (Å²) in [7, 11) is 0. The number of nitrogens with two attached hydrogens (primary N) is 1. The van der Waals surface area contributed by atoms with E-state index in [4.69, 9.17) is 22.1 Å². The van der Waals surface area contributed by atoms with Crippen LogP contribution in [0.15, 0.2) is 18.2 Å². The second-order valence-corrected chi connectivity index (χ2v) is 6.82. The van der Waals surface area contributed by atoms with Crippen LogP contribution in [0.2, 0.25) is 5.02 Å². The Morgan fingerprint density at radius 2 is 1.90 bits per heavy atom. The number of carbonyl (C=O) groups excluding carboxylic acids is 1. The van der Waals surface area contributed by atoms with Gasteiger partial charge in [0, 0.05) is 12.0 Å². The summed E-state index contributed by atoms with van der Waals surface area (Å²) in [4.78, 5) is 11.8. The SMILES string of the molecule is CC(C)(C)OC(=O)Nc1cc(C(C)(C)CN)ccc1Cl. The fourth-order valence-corrected chi connectivity index (χ4v) is 1.74. The van der Waals surface area contributed by atoms with Gasteiger partial charge in [0.05, 0.1) is 10.7 Å². The minimum Gasteiger partial charge on any atom is -0.444 e. The highest BCUT2D eigenvalue weighted by molar-refractivity contribution is 6.33. The minimum atomic E-state index is -0.551. The molecule has 20 heavy (non-hydrogen) atoms. The summed E-state index contributed by atoms with van der Waals surface area (Å²) in [5.74, 6) is 0. The van der Waals surface area contributed by atoms with Crippen molar-refractivity contribution in [3.8, 4) is 0 Å². The van der Waals surface area contributed by atoms with E-state index in [1.807, 2.05) is 46.8 Å². The van der Waals surface area contributed by atoms with E-state index in [0.717, 1.165) is 5.56 Å². The number of rotatable bonds is 3. The van der Waals surface area contributed by atoms with E-state index in [2.05, 4.69) is 5.32 Å². The lowest BCUT2D eigenvalue weighted by molar-refractivity contribution is 0.0636. The zero-order valence-electron chi connectivity index (χ0n) is 12.7. The Hall–Kier alpha value is -1.26. The quantitative estimate of drug-likeness (QED) is 0.889. The highest BCUT2D eigenvalue weighted by Gasteiger charge is 2.21. The number of hydrogen-bond donors (Lipinski definition) is 2. The Balaban J connectivity index is 2.96. The van der Waals surface area contributed by atoms with Crippen LogP contribution < -0.4 is 11.1 Å². The maximum absolute atomic E-state index is 11.8. The van der Waals surface area contributed by atoms with Gasteiger partial charge in [0.15, 0.2) is 0 Å². The predicted molar refractivity (Wildman–Crippen MR) is 83.4 cm³/mol. The Morgan fingerprint density at radius 3 is 2.40 bits per heavy atom. The second-order valence-electron chi connectivity index (χ2n) is 6.41. The van der Waals surface area contributed by atoms with E-state index in [-0.39, 0.29) is 5.41 Å². The molecule has 0 atom stereocenters. The zero-order chi connectivity index (χ0) is 15.6. The molecule has 1 aromatic carbocycles. The first-order valence-electron chi connectivity index (χ1n) is 6.55. The van der Waals surface area contributed by atoms with E-state index < -0.39 is 11.7 Å². The number of benzene rings is 1. The van der Waals surface area contributed by atoms with Gasteiger partial charge < -0.3 is 10.5 Å². The molecular formula is C15H23ClN2O2. The molecule has 5 heteroatoms. The van der Waals surface area contributed by atoms with Crippen LogP contribution in [0.5, 0.6) is 0 Å². The van der Waals surface area contributed by atoms with Crippen molar-refractivity contribution in [1.29, 1.82) is 0 Å². The van der Waals surface area contributed by atoms with E-state index >= 15 is 0 Å². The van der Waals surface area contributed by atoms with Crippen molar-refractivity contribution >= 4 is 23.4 Å². The average Bonchev–Trinajstić information content (AvgIpc) is 2.29. The molecule has 0 radical (unpaired) electrons. The van der Waals surface area contributed by atoms with Gasteiger partial charge in [0.25, 0.3) is 0 Å². The first kappa shape index (κ1) is 16.8. The molecule has 1 amide bonds. The maximum Gasteiger partial charge on any atom is 0.412 e. The van der Waals surface area contributed by atoms with Crippen LogP contribution in [0.4, 0.5) is 10.5 Å². The molecule has 1 aromatic rings. The van der Waals surface area contributed by atoms with Gasteiger partial charge in [-0.05, 0) is 38.5 Å². The molecular weight excluding hydrogens is 276 g/mol. The van der Waals surface area contributed by atoms with Gasteiger partial charge in [-0.1, -0.05) is 31.5 Å². The molecule has 0 saturated carbocycles. The molecule has 0 aliphatic rings. The average molecular weight is 299 g/mol. The van der Waals surface area contributed by atoms with Crippen LogP contribution in [-0.4, -0.2) is 18.2 Å². The Morgan fingerprint density at radius 1 is 1.30 bits per heavy atom. The number of ether oxygens (including phenoxy) is 1. The third-order valence-electron chi connectivity index (χ3n) is 2.89. The van der Waals surface area contributed by atoms with E-state index in [1.165, 1.54) is 0 Å². The third-order valence-corrected chi connectivity index (χ3v) is 3.22. The van der Waals surface area contributed by atoms with Gasteiger partial charge in [-0.2, -0.15) is 0 Å². The van der Waals surface area contributed by atoms with E-state index in [1.54, 1.807) is 6.07 Å². The second kappa shape index (κ2) is 6.02. The molecule has 0 bridgehead atoms. The van der Waals surface area contributed by atoms with Gasteiger partial charge in [0.1, 0.15) is 5.60 Å². The summed E-state index contributed by atoms with van der Waals surface area (Å²) >= 11 is 6.10. The molecule has 1 rings (SSSR count). The highest BCUT2D eigenvalue weighted by Crippen LogP contribution is 2.30. The number of nitrogens with one attached hydrogen (secondary N) is 1. The lowest BCUT2D eigenvalue weighted by Crippen LogP contribution is -2.29. The van der Waals surface area contributed by atoms with Crippen molar-refractivity contribution in [3.63, 3.8) is 0 Å². The molecule has 0 spiro atoms. The van der Waals surface area contributed by atoms with E-state index in [9.17, 15) is 4.79 Å². The minimum absolute atomic E-state index is 0.186. The van der Waals surface area contributed by atoms with Crippen molar-refractivity contribution < 1.29 is 9.53 Å². The van der Waals surface area contributed by atoms with Gasteiger partial charge >= 0.3 is 6.09 Å². The topological polar surface area (TPSA) is 64.3 Å². The molecule has 0 aliphatic heterocycles. The first-order chi connectivity index (χ1) is 9.05. The maximum atomic E-state index is 11.8. The summed E-state index contributed by atoms with van der Waals surface area (Å²) in [6, 6.07) is 5.50. The molecule has 0 fully saturated rings. The Kier molecular flexibility index (Phi) is 5.05. The summed E-state index contributed by atoms with van der Waals surface area (Å²) in [5.41, 5.74) is 6.57. The van der Waals surface area contributed by atoms with Gasteiger partial charge in [-0.3, -0.25) is 5.32 Å². The molecule has 0 aliphatic carbocycles. The standard InChI is InChI=1S/C15H23ClN2O2/c1-14(2,3)20-13(19)18-12-8-10(6-7-11(12)16)15(4,5)9-17/h6-8H,9,17H2,1-5H3,(H,18,19). The number of amides is 1. The van der Waals surface area contributed by atoms with Gasteiger partial charge in [-0.25, -0.2) is 4.79 Å². The molecule has 0 unspecified atom stereocenters. The monoisotopic (exact) mass is 298 g/mol. The normalized spacial score (nSPS) is 12.2. The van der Waals surface area contributed by atoms with Crippen LogP contribution in [0.25, 0.3) is 0 Å². The lowest BCUT2D eigenvalue weighted by Gasteiger charge is -2.24. The van der Waals surface area contributed by atoms with Gasteiger partial charge in [-0.15, -0.1) is 0 Å². The van der Waals surface area contributed by atoms with Gasteiger partial charge in [0.2, 0.25) is 0 Å². The predicted octanol–water partition coefficient (Wildman–Crippen LogP) is 3.92. The Bertz CT molecular complexity index is 493. The summed E-state index contributed by atoms with van der Waals surface area (Å²) in [6.07, 6.45) is -0.526. The summed E-state index contributed by atoms with van der Waals surface area (Å²) in [5, 5.41) is 3.13. The van der Waals surface area contributed by atoms with E-state index in [0.29, 0.717) is 17.3 Å². The highest BCUT2D eigenvalue weighted by atomic mass is 35.5. The Labute approximate surface area is 125 Å². The van der Waals surface area contributed by atoms with Crippen LogP contribution in [0.1, 0.15) is 40.2 Å². The van der Waals surface area contributed by atoms with Crippen LogP contribution in [-0.2, 0) is 10.2 Å². The number of halogens is 1. The van der Waals surface area contributed by atoms with Crippen molar-refractivity contribution in [1.82, 2.24) is 0 Å². The number of carbonyl (C=O) groups is 1. The van der Waals surface area contributed by atoms with Crippen molar-refractivity contribution in [2.75, 3.05) is 11.9 Å². The van der Waals surface area contributed by atoms with Crippen molar-refractivity contribution in [3.05, 3.63) is 28.8 Å². The zero-order valence-corrected chi connectivity index (χ0v) is 13.5. The van der Waals surface area contributed by atoms with Crippen LogP contribution in [0.3, 0.4) is 0 Å². The largest absolute Gasteiger partial charge is 0.444 e. The third kappa shape index (κ3) is 4.69. The molecule has 112 valence electrons. The molecule has 0 aromatic heterocycles. The number of hydrogen-bond acceptors (Lipinski definition) is 3. The summed E-state index contributed by atoms with van der Waals surface area (Å²) in [6.45, 7) is 9.99. The fraction of sp³-hybridized carbons (Fsp3) is 0.533. The number of anilines is 1. The lowest BCUT2D eigenvalue weighted by atomic mass is 9.84. The summed E-state index contributed by atoms with van der Waals surface area (Å²) < 4.78 is 5.22. The fourth-order valence-electron chi connectivity index (χ4n) is 1.57. The van der Waals surface area contributed by atoms with Crippen LogP contribution in [0, 0.1) is 0 Å².